The van der Waals surface area contributed by atoms with Gasteiger partial charge in [-0.2, -0.15) is 10.2 Å². The molecule has 0 bridgehead atoms. The fourth-order valence-corrected chi connectivity index (χ4v) is 2.32. The molecule has 0 atom stereocenters. The first-order valence-corrected chi connectivity index (χ1v) is 7.13. The molecule has 0 fully saturated rings. The number of hydrogen-bond donors (Lipinski definition) is 3. The Bertz CT molecular complexity index is 627. The standard InChI is InChI=1S/C14H22N6O/c1-4-11-12(15)13(20(3)19-11)14(21)16-7-5-6-10-8-17-18-9(10)2/h8H,4-7,15H2,1-3H3,(H,16,21)(H,17,18). The fourth-order valence-electron chi connectivity index (χ4n) is 2.32. The maximum atomic E-state index is 12.2. The van der Waals surface area contributed by atoms with Gasteiger partial charge in [0.15, 0.2) is 0 Å². The van der Waals surface area contributed by atoms with Crippen molar-refractivity contribution in [1.29, 1.82) is 0 Å². The van der Waals surface area contributed by atoms with E-state index < -0.39 is 0 Å². The molecular formula is C14H22N6O. The Kier molecular flexibility index (Phi) is 4.62. The lowest BCUT2D eigenvalue weighted by molar-refractivity contribution is 0.0945. The van der Waals surface area contributed by atoms with Crippen molar-refractivity contribution in [1.82, 2.24) is 25.3 Å². The minimum Gasteiger partial charge on any atom is -0.395 e. The van der Waals surface area contributed by atoms with Crippen molar-refractivity contribution >= 4 is 11.6 Å². The number of nitrogens with two attached hydrogens (primary N) is 1. The Morgan fingerprint density at radius 1 is 1.52 bits per heavy atom. The molecule has 21 heavy (non-hydrogen) atoms. The quantitative estimate of drug-likeness (QED) is 0.690. The van der Waals surface area contributed by atoms with Crippen LogP contribution in [0.5, 0.6) is 0 Å². The van der Waals surface area contributed by atoms with Gasteiger partial charge in [0.1, 0.15) is 5.69 Å². The number of nitrogens with zero attached hydrogens (tertiary/aromatic N) is 3. The molecule has 0 radical (unpaired) electrons. The first-order chi connectivity index (χ1) is 10.0. The summed E-state index contributed by atoms with van der Waals surface area (Å²) in [7, 11) is 1.74. The second-order valence-electron chi connectivity index (χ2n) is 5.07. The van der Waals surface area contributed by atoms with Crippen LogP contribution >= 0.6 is 0 Å². The van der Waals surface area contributed by atoms with Crippen molar-refractivity contribution < 1.29 is 4.79 Å². The van der Waals surface area contributed by atoms with Crippen molar-refractivity contribution in [2.75, 3.05) is 12.3 Å². The number of aryl methyl sites for hydroxylation is 4. The molecule has 1 amide bonds. The Morgan fingerprint density at radius 2 is 2.29 bits per heavy atom. The molecule has 0 unspecified atom stereocenters. The molecule has 0 aliphatic carbocycles. The first kappa shape index (κ1) is 15.1. The fraction of sp³-hybridized carbons (Fsp3) is 0.500. The molecule has 0 spiro atoms. The zero-order chi connectivity index (χ0) is 15.4. The number of nitrogens with one attached hydrogen (secondary N) is 2. The number of aromatic amines is 1. The van der Waals surface area contributed by atoms with Gasteiger partial charge in [-0.05, 0) is 31.7 Å². The molecule has 0 aliphatic heterocycles. The molecule has 4 N–H and O–H groups in total. The van der Waals surface area contributed by atoms with Gasteiger partial charge in [-0.1, -0.05) is 6.92 Å². The van der Waals surface area contributed by atoms with Crippen LogP contribution in [-0.2, 0) is 19.9 Å². The smallest absolute Gasteiger partial charge is 0.271 e. The highest BCUT2D eigenvalue weighted by Gasteiger charge is 2.18. The number of anilines is 1. The highest BCUT2D eigenvalue weighted by molar-refractivity contribution is 5.97. The molecule has 2 aromatic rings. The van der Waals surface area contributed by atoms with E-state index in [-0.39, 0.29) is 5.91 Å². The average molecular weight is 290 g/mol. The normalized spacial score (nSPS) is 10.8. The second-order valence-corrected chi connectivity index (χ2v) is 5.07. The zero-order valence-corrected chi connectivity index (χ0v) is 12.7. The molecule has 7 nitrogen and oxygen atoms in total. The molecule has 7 heteroatoms. The summed E-state index contributed by atoms with van der Waals surface area (Å²) < 4.78 is 1.55. The van der Waals surface area contributed by atoms with E-state index in [1.807, 2.05) is 20.0 Å². The van der Waals surface area contributed by atoms with E-state index in [1.54, 1.807) is 11.7 Å². The topological polar surface area (TPSA) is 102 Å². The van der Waals surface area contributed by atoms with Gasteiger partial charge in [-0.3, -0.25) is 14.6 Å². The predicted octanol–water partition coefficient (Wildman–Crippen LogP) is 0.959. The van der Waals surface area contributed by atoms with Crippen LogP contribution < -0.4 is 11.1 Å². The van der Waals surface area contributed by atoms with Crippen LogP contribution in [0.1, 0.15) is 40.8 Å². The van der Waals surface area contributed by atoms with Gasteiger partial charge in [-0.25, -0.2) is 0 Å². The number of rotatable bonds is 6. The summed E-state index contributed by atoms with van der Waals surface area (Å²) in [4.78, 5) is 12.2. The monoisotopic (exact) mass is 290 g/mol. The van der Waals surface area contributed by atoms with Crippen LogP contribution in [-0.4, -0.2) is 32.4 Å². The van der Waals surface area contributed by atoms with Crippen molar-refractivity contribution in [2.45, 2.75) is 33.1 Å². The van der Waals surface area contributed by atoms with Crippen LogP contribution in [0.2, 0.25) is 0 Å². The first-order valence-electron chi connectivity index (χ1n) is 7.13. The van der Waals surface area contributed by atoms with Crippen LogP contribution in [0.4, 0.5) is 5.69 Å². The second kappa shape index (κ2) is 6.43. The number of carbonyl (C=O) groups is 1. The number of hydrogen-bond acceptors (Lipinski definition) is 4. The summed E-state index contributed by atoms with van der Waals surface area (Å²) in [6, 6.07) is 0. The summed E-state index contributed by atoms with van der Waals surface area (Å²) in [6.07, 6.45) is 4.27. The van der Waals surface area contributed by atoms with E-state index in [0.717, 1.165) is 24.2 Å². The third kappa shape index (κ3) is 3.24. The molecular weight excluding hydrogens is 268 g/mol. The van der Waals surface area contributed by atoms with Crippen LogP contribution in [0.25, 0.3) is 0 Å². The van der Waals surface area contributed by atoms with E-state index in [9.17, 15) is 4.79 Å². The van der Waals surface area contributed by atoms with E-state index in [2.05, 4.69) is 20.6 Å². The Labute approximate surface area is 123 Å². The van der Waals surface area contributed by atoms with Crippen LogP contribution in [0.3, 0.4) is 0 Å². The average Bonchev–Trinajstić information content (AvgIpc) is 2.98. The third-order valence-corrected chi connectivity index (χ3v) is 3.55. The van der Waals surface area contributed by atoms with Crippen molar-refractivity contribution in [3.63, 3.8) is 0 Å². The molecule has 0 saturated heterocycles. The molecule has 0 aliphatic rings. The lowest BCUT2D eigenvalue weighted by atomic mass is 10.1. The number of aromatic nitrogens is 4. The predicted molar refractivity (Wildman–Crippen MR) is 81.0 cm³/mol. The Balaban J connectivity index is 1.88. The van der Waals surface area contributed by atoms with Gasteiger partial charge in [-0.15, -0.1) is 0 Å². The van der Waals surface area contributed by atoms with Crippen molar-refractivity contribution in [2.24, 2.45) is 7.05 Å². The van der Waals surface area contributed by atoms with E-state index >= 15 is 0 Å². The van der Waals surface area contributed by atoms with Gasteiger partial charge in [0.25, 0.3) is 5.91 Å². The number of nitrogen functional groups attached to an aromatic ring is 1. The Morgan fingerprint density at radius 3 is 2.86 bits per heavy atom. The lowest BCUT2D eigenvalue weighted by Crippen LogP contribution is -2.27. The summed E-state index contributed by atoms with van der Waals surface area (Å²) >= 11 is 0. The molecule has 0 saturated carbocycles. The minimum atomic E-state index is -0.175. The van der Waals surface area contributed by atoms with E-state index in [0.29, 0.717) is 24.3 Å². The van der Waals surface area contributed by atoms with Crippen molar-refractivity contribution in [3.8, 4) is 0 Å². The van der Waals surface area contributed by atoms with E-state index in [4.69, 9.17) is 5.73 Å². The SMILES string of the molecule is CCc1nn(C)c(C(=O)NCCCc2cn[nH]c2C)c1N. The molecule has 114 valence electrons. The maximum Gasteiger partial charge on any atom is 0.271 e. The maximum absolute atomic E-state index is 12.2. The lowest BCUT2D eigenvalue weighted by Gasteiger charge is -2.06. The highest BCUT2D eigenvalue weighted by Crippen LogP contribution is 2.16. The molecule has 2 heterocycles. The third-order valence-electron chi connectivity index (χ3n) is 3.55. The summed E-state index contributed by atoms with van der Waals surface area (Å²) in [5, 5.41) is 14.0. The number of carbonyl (C=O) groups excluding carboxylic acids is 1. The van der Waals surface area contributed by atoms with Crippen LogP contribution in [0.15, 0.2) is 6.20 Å². The van der Waals surface area contributed by atoms with Crippen LogP contribution in [0, 0.1) is 6.92 Å². The van der Waals surface area contributed by atoms with Gasteiger partial charge < -0.3 is 11.1 Å². The minimum absolute atomic E-state index is 0.175. The number of amides is 1. The molecule has 2 rings (SSSR count). The van der Waals surface area contributed by atoms with Gasteiger partial charge >= 0.3 is 0 Å². The Hall–Kier alpha value is -2.31. The summed E-state index contributed by atoms with van der Waals surface area (Å²) in [5.41, 5.74) is 9.88. The molecule has 0 aromatic carbocycles. The summed E-state index contributed by atoms with van der Waals surface area (Å²) in [6.45, 7) is 4.55. The van der Waals surface area contributed by atoms with Gasteiger partial charge in [0.05, 0.1) is 17.6 Å². The van der Waals surface area contributed by atoms with E-state index in [1.165, 1.54) is 5.56 Å². The van der Waals surface area contributed by atoms with Gasteiger partial charge in [0, 0.05) is 19.3 Å². The largest absolute Gasteiger partial charge is 0.395 e. The zero-order valence-electron chi connectivity index (χ0n) is 12.7. The highest BCUT2D eigenvalue weighted by atomic mass is 16.2. The van der Waals surface area contributed by atoms with Crippen molar-refractivity contribution in [3.05, 3.63) is 28.8 Å². The number of H-pyrrole nitrogens is 1. The summed E-state index contributed by atoms with van der Waals surface area (Å²) in [5.74, 6) is -0.175. The molecule has 2 aromatic heterocycles. The van der Waals surface area contributed by atoms with Gasteiger partial charge in [0.2, 0.25) is 0 Å².